The van der Waals surface area contributed by atoms with E-state index in [9.17, 15) is 18.3 Å². The summed E-state index contributed by atoms with van der Waals surface area (Å²) in [5, 5.41) is 18.5. The van der Waals surface area contributed by atoms with Crippen LogP contribution in [0.25, 0.3) is 0 Å². The molecule has 2 rings (SSSR count). The van der Waals surface area contributed by atoms with Crippen LogP contribution >= 0.6 is 0 Å². The van der Waals surface area contributed by atoms with Gasteiger partial charge in [-0.2, -0.15) is 4.31 Å². The van der Waals surface area contributed by atoms with E-state index in [0.29, 0.717) is 19.0 Å². The molecule has 1 aromatic carbocycles. The molecule has 2 N–H and O–H groups in total. The third-order valence-electron chi connectivity index (χ3n) is 3.90. The average Bonchev–Trinajstić information content (AvgIpc) is 2.47. The number of nitrogens with zero attached hydrogens (tertiary/aromatic N) is 1. The number of carboxylic acid groups (broad SMARTS) is 1. The van der Waals surface area contributed by atoms with Gasteiger partial charge in [0.05, 0.1) is 4.90 Å². The minimum atomic E-state index is -3.72. The summed E-state index contributed by atoms with van der Waals surface area (Å²) < 4.78 is 26.6. The maximum absolute atomic E-state index is 12.6. The second-order valence-electron chi connectivity index (χ2n) is 5.26. The summed E-state index contributed by atoms with van der Waals surface area (Å²) in [5.41, 5.74) is -0.403. The van der Waals surface area contributed by atoms with E-state index >= 15 is 0 Å². The lowest BCUT2D eigenvalue weighted by molar-refractivity contribution is 0.0693. The Labute approximate surface area is 124 Å². The Morgan fingerprint density at radius 2 is 2.14 bits per heavy atom. The van der Waals surface area contributed by atoms with Gasteiger partial charge < -0.3 is 10.2 Å². The highest BCUT2D eigenvalue weighted by Crippen LogP contribution is 2.27. The Bertz CT molecular complexity index is 641. The van der Waals surface area contributed by atoms with Crippen molar-refractivity contribution >= 4 is 16.0 Å². The molecule has 1 saturated heterocycles. The number of phenols is 1. The van der Waals surface area contributed by atoms with Crippen molar-refractivity contribution in [1.82, 2.24) is 4.31 Å². The number of hydrogen-bond acceptors (Lipinski definition) is 4. The highest BCUT2D eigenvalue weighted by Gasteiger charge is 2.30. The summed E-state index contributed by atoms with van der Waals surface area (Å²) in [4.78, 5) is 10.9. The van der Waals surface area contributed by atoms with Crippen molar-refractivity contribution in [3.63, 3.8) is 0 Å². The number of rotatable bonds is 4. The molecule has 1 atom stereocenters. The lowest BCUT2D eigenvalue weighted by atomic mass is 9.97. The van der Waals surface area contributed by atoms with Crippen LogP contribution in [0.15, 0.2) is 23.1 Å². The van der Waals surface area contributed by atoms with Gasteiger partial charge in [-0.3, -0.25) is 0 Å². The normalized spacial score (nSPS) is 20.3. The van der Waals surface area contributed by atoms with Crippen molar-refractivity contribution in [1.29, 1.82) is 0 Å². The molecule has 1 fully saturated rings. The lowest BCUT2D eigenvalue weighted by Crippen LogP contribution is -2.39. The minimum Gasteiger partial charge on any atom is -0.507 e. The van der Waals surface area contributed by atoms with E-state index < -0.39 is 27.3 Å². The first-order valence-corrected chi connectivity index (χ1v) is 8.36. The molecule has 0 saturated carbocycles. The van der Waals surface area contributed by atoms with Crippen molar-refractivity contribution in [3.8, 4) is 5.75 Å². The molecule has 116 valence electrons. The maximum atomic E-state index is 12.6. The number of sulfonamides is 1. The van der Waals surface area contributed by atoms with Gasteiger partial charge in [-0.15, -0.1) is 0 Å². The number of carbonyl (C=O) groups is 1. The average molecular weight is 313 g/mol. The topological polar surface area (TPSA) is 94.9 Å². The van der Waals surface area contributed by atoms with Crippen LogP contribution in [-0.4, -0.2) is 42.0 Å². The molecule has 21 heavy (non-hydrogen) atoms. The Morgan fingerprint density at radius 1 is 1.43 bits per heavy atom. The SMILES string of the molecule is CCC1CCCN(S(=O)(=O)c2ccc(O)c(C(=O)O)c2)C1. The number of aromatic hydroxyl groups is 1. The van der Waals surface area contributed by atoms with E-state index in [1.807, 2.05) is 6.92 Å². The van der Waals surface area contributed by atoms with Gasteiger partial charge in [-0.25, -0.2) is 13.2 Å². The molecular weight excluding hydrogens is 294 g/mol. The standard InChI is InChI=1S/C14H19NO5S/c1-2-10-4-3-7-15(9-10)21(19,20)11-5-6-13(16)12(8-11)14(17)18/h5-6,8,10,16H,2-4,7,9H2,1H3,(H,17,18). The van der Waals surface area contributed by atoms with Gasteiger partial charge in [0, 0.05) is 13.1 Å². The molecule has 0 amide bonds. The van der Waals surface area contributed by atoms with E-state index in [1.165, 1.54) is 10.4 Å². The quantitative estimate of drug-likeness (QED) is 0.885. The molecule has 1 unspecified atom stereocenters. The van der Waals surface area contributed by atoms with Crippen molar-refractivity contribution in [3.05, 3.63) is 23.8 Å². The highest BCUT2D eigenvalue weighted by atomic mass is 32.2. The third-order valence-corrected chi connectivity index (χ3v) is 5.76. The molecule has 0 bridgehead atoms. The number of piperidine rings is 1. The zero-order valence-electron chi connectivity index (χ0n) is 11.8. The molecule has 1 heterocycles. The first-order chi connectivity index (χ1) is 9.86. The summed E-state index contributed by atoms with van der Waals surface area (Å²) >= 11 is 0. The Kier molecular flexibility index (Phi) is 4.53. The molecule has 6 nitrogen and oxygen atoms in total. The first kappa shape index (κ1) is 15.8. The largest absolute Gasteiger partial charge is 0.507 e. The summed E-state index contributed by atoms with van der Waals surface area (Å²) in [5.74, 6) is -1.45. The smallest absolute Gasteiger partial charge is 0.339 e. The zero-order valence-corrected chi connectivity index (χ0v) is 12.6. The Balaban J connectivity index is 2.35. The van der Waals surface area contributed by atoms with Gasteiger partial charge in [0.2, 0.25) is 10.0 Å². The molecule has 1 aliphatic heterocycles. The molecule has 7 heteroatoms. The second-order valence-corrected chi connectivity index (χ2v) is 7.20. The van der Waals surface area contributed by atoms with Crippen molar-refractivity contribution in [2.24, 2.45) is 5.92 Å². The van der Waals surface area contributed by atoms with Crippen LogP contribution in [0, 0.1) is 5.92 Å². The van der Waals surface area contributed by atoms with Crippen LogP contribution in [0.2, 0.25) is 0 Å². The van der Waals surface area contributed by atoms with Crippen LogP contribution in [-0.2, 0) is 10.0 Å². The monoisotopic (exact) mass is 313 g/mol. The van der Waals surface area contributed by atoms with Crippen molar-refractivity contribution in [2.45, 2.75) is 31.1 Å². The molecule has 1 aliphatic rings. The molecule has 0 spiro atoms. The molecule has 1 aromatic rings. The molecule has 0 aliphatic carbocycles. The van der Waals surface area contributed by atoms with E-state index in [4.69, 9.17) is 5.11 Å². The minimum absolute atomic E-state index is 0.0885. The van der Waals surface area contributed by atoms with Gasteiger partial charge >= 0.3 is 5.97 Å². The van der Waals surface area contributed by atoms with Gasteiger partial charge in [-0.05, 0) is 37.0 Å². The van der Waals surface area contributed by atoms with E-state index in [2.05, 4.69) is 0 Å². The lowest BCUT2D eigenvalue weighted by Gasteiger charge is -2.31. The Hall–Kier alpha value is -1.60. The molecule has 0 aromatic heterocycles. The summed E-state index contributed by atoms with van der Waals surface area (Å²) in [6, 6.07) is 3.37. The van der Waals surface area contributed by atoms with Crippen LogP contribution < -0.4 is 0 Å². The maximum Gasteiger partial charge on any atom is 0.339 e. The molecular formula is C14H19NO5S. The first-order valence-electron chi connectivity index (χ1n) is 6.92. The number of aromatic carboxylic acids is 1. The fourth-order valence-electron chi connectivity index (χ4n) is 2.57. The number of carboxylic acids is 1. The number of benzene rings is 1. The van der Waals surface area contributed by atoms with E-state index in [1.54, 1.807) is 0 Å². The number of hydrogen-bond donors (Lipinski definition) is 2. The Morgan fingerprint density at radius 3 is 2.76 bits per heavy atom. The van der Waals surface area contributed by atoms with Crippen LogP contribution in [0.5, 0.6) is 5.75 Å². The van der Waals surface area contributed by atoms with Crippen LogP contribution in [0.3, 0.4) is 0 Å². The van der Waals surface area contributed by atoms with E-state index in [0.717, 1.165) is 31.4 Å². The van der Waals surface area contributed by atoms with Gasteiger partial charge in [0.15, 0.2) is 0 Å². The third kappa shape index (κ3) is 3.19. The van der Waals surface area contributed by atoms with Crippen molar-refractivity contribution in [2.75, 3.05) is 13.1 Å². The van der Waals surface area contributed by atoms with Crippen LogP contribution in [0.1, 0.15) is 36.5 Å². The van der Waals surface area contributed by atoms with Crippen molar-refractivity contribution < 1.29 is 23.4 Å². The fourth-order valence-corrected chi connectivity index (χ4v) is 4.16. The van der Waals surface area contributed by atoms with Crippen LogP contribution in [0.4, 0.5) is 0 Å². The van der Waals surface area contributed by atoms with Gasteiger partial charge in [0.1, 0.15) is 11.3 Å². The fraction of sp³-hybridized carbons (Fsp3) is 0.500. The summed E-state index contributed by atoms with van der Waals surface area (Å²) in [6.45, 7) is 2.94. The second kappa shape index (κ2) is 6.03. The molecule has 0 radical (unpaired) electrons. The highest BCUT2D eigenvalue weighted by molar-refractivity contribution is 7.89. The van der Waals surface area contributed by atoms with Gasteiger partial charge in [-0.1, -0.05) is 13.3 Å². The zero-order chi connectivity index (χ0) is 15.6. The van der Waals surface area contributed by atoms with Gasteiger partial charge in [0.25, 0.3) is 0 Å². The summed E-state index contributed by atoms with van der Waals surface area (Å²) in [6.07, 6.45) is 2.74. The van der Waals surface area contributed by atoms with E-state index in [-0.39, 0.29) is 4.90 Å². The predicted octanol–water partition coefficient (Wildman–Crippen LogP) is 1.90. The summed E-state index contributed by atoms with van der Waals surface area (Å²) in [7, 11) is -3.72. The predicted molar refractivity (Wildman–Crippen MR) is 76.8 cm³/mol.